The summed E-state index contributed by atoms with van der Waals surface area (Å²) in [4.78, 5) is 12.0. The molecule has 0 aliphatic rings. The molecule has 1 heterocycles. The third-order valence-corrected chi connectivity index (χ3v) is 4.97. The summed E-state index contributed by atoms with van der Waals surface area (Å²) in [6, 6.07) is 10.2. The maximum Gasteiger partial charge on any atom is 0.312 e. The molecule has 0 spiro atoms. The number of nitrogens with two attached hydrogens (primary N) is 1. The van der Waals surface area contributed by atoms with Crippen molar-refractivity contribution in [2.45, 2.75) is 34.6 Å². The Morgan fingerprint density at radius 1 is 0.893 bits per heavy atom. The molecule has 0 radical (unpaired) electrons. The van der Waals surface area contributed by atoms with Gasteiger partial charge in [-0.1, -0.05) is 6.07 Å². The van der Waals surface area contributed by atoms with E-state index in [2.05, 4.69) is 65.4 Å². The maximum atomic E-state index is 6.05. The number of thiocarbonyl (C=S) groups is 1. The molecule has 3 aromatic rings. The third-order valence-electron chi connectivity index (χ3n) is 4.76. The summed E-state index contributed by atoms with van der Waals surface area (Å²) in [6.45, 7) is 10.2. The van der Waals surface area contributed by atoms with Crippen LogP contribution in [0.25, 0.3) is 10.9 Å². The molecule has 6 nitrogen and oxygen atoms in total. The molecule has 0 aliphatic carbocycles. The lowest BCUT2D eigenvalue weighted by Crippen LogP contribution is -2.82. The van der Waals surface area contributed by atoms with Crippen molar-refractivity contribution in [2.75, 3.05) is 10.6 Å². The van der Waals surface area contributed by atoms with Crippen LogP contribution in [0.3, 0.4) is 0 Å². The number of aromatic nitrogens is 2. The van der Waals surface area contributed by atoms with Crippen molar-refractivity contribution in [3.05, 3.63) is 58.3 Å². The Kier molecular flexibility index (Phi) is 5.56. The Hall–Kier alpha value is -3.06. The number of nitrogens with one attached hydrogen (secondary N) is 3. The Morgan fingerprint density at radius 3 is 2.29 bits per heavy atom. The molecule has 3 rings (SSSR count). The first-order valence-electron chi connectivity index (χ1n) is 9.03. The highest BCUT2D eigenvalue weighted by molar-refractivity contribution is 7.80. The topological polar surface area (TPSA) is 89.8 Å². The minimum absolute atomic E-state index is 0.254. The van der Waals surface area contributed by atoms with Crippen molar-refractivity contribution in [2.24, 2.45) is 5.73 Å². The van der Waals surface area contributed by atoms with E-state index in [1.807, 2.05) is 25.1 Å². The molecule has 0 aliphatic heterocycles. The zero-order valence-electron chi connectivity index (χ0n) is 16.8. The van der Waals surface area contributed by atoms with Gasteiger partial charge in [0.05, 0.1) is 16.9 Å². The van der Waals surface area contributed by atoms with Crippen LogP contribution in [0.4, 0.5) is 11.6 Å². The summed E-state index contributed by atoms with van der Waals surface area (Å²) in [5.41, 5.74) is 13.5. The second kappa shape index (κ2) is 7.90. The number of hydrogen-bond donors (Lipinski definition) is 4. The van der Waals surface area contributed by atoms with E-state index in [0.717, 1.165) is 22.3 Å². The standard InChI is InChI=1S/C21H24N6S/c1-11-6-7-16(8-12(11)2)24-21(28)27-19(22)26-20-23-15(5)17-9-13(3)14(4)10-18(17)25-20/h6-10H,1-5H3,(H4,22,23,24,25,26,27,28)/p+1. The molecule has 0 atom stereocenters. The molecule has 0 unspecified atom stereocenters. The van der Waals surface area contributed by atoms with Crippen molar-refractivity contribution >= 4 is 45.8 Å². The molecule has 7 heteroatoms. The van der Waals surface area contributed by atoms with E-state index < -0.39 is 0 Å². The second-order valence-corrected chi connectivity index (χ2v) is 7.41. The molecule has 2 aromatic carbocycles. The van der Waals surface area contributed by atoms with E-state index in [1.165, 1.54) is 22.3 Å². The van der Waals surface area contributed by atoms with Gasteiger partial charge in [0.1, 0.15) is 0 Å². The largest absolute Gasteiger partial charge is 0.312 e. The predicted octanol–water partition coefficient (Wildman–Crippen LogP) is 2.38. The first kappa shape index (κ1) is 19.7. The molecule has 144 valence electrons. The summed E-state index contributed by atoms with van der Waals surface area (Å²) >= 11 is 5.33. The maximum absolute atomic E-state index is 6.05. The normalized spacial score (nSPS) is 11.5. The lowest BCUT2D eigenvalue weighted by atomic mass is 10.1. The van der Waals surface area contributed by atoms with E-state index in [4.69, 9.17) is 18.0 Å². The van der Waals surface area contributed by atoms with Crippen LogP contribution < -0.4 is 21.4 Å². The summed E-state index contributed by atoms with van der Waals surface area (Å²) < 4.78 is 0. The van der Waals surface area contributed by atoms with E-state index in [9.17, 15) is 0 Å². The molecule has 1 aromatic heterocycles. The zero-order chi connectivity index (χ0) is 20.4. The summed E-state index contributed by atoms with van der Waals surface area (Å²) in [7, 11) is 0. The lowest BCUT2D eigenvalue weighted by Gasteiger charge is -2.08. The van der Waals surface area contributed by atoms with Crippen molar-refractivity contribution in [1.29, 1.82) is 0 Å². The number of guanidine groups is 1. The van der Waals surface area contributed by atoms with Crippen molar-refractivity contribution < 1.29 is 4.99 Å². The summed E-state index contributed by atoms with van der Waals surface area (Å²) in [5.74, 6) is 0.677. The number of anilines is 2. The van der Waals surface area contributed by atoms with Gasteiger partial charge in [0.25, 0.3) is 11.1 Å². The highest BCUT2D eigenvalue weighted by Crippen LogP contribution is 2.21. The Morgan fingerprint density at radius 2 is 1.57 bits per heavy atom. The van der Waals surface area contributed by atoms with Gasteiger partial charge in [0.15, 0.2) is 0 Å². The van der Waals surface area contributed by atoms with Gasteiger partial charge in [0, 0.05) is 5.39 Å². The molecule has 0 fully saturated rings. The van der Waals surface area contributed by atoms with Crippen molar-refractivity contribution in [1.82, 2.24) is 9.97 Å². The molecule has 0 saturated heterocycles. The molecule has 5 N–H and O–H groups in total. The van der Waals surface area contributed by atoms with Gasteiger partial charge < -0.3 is 5.73 Å². The van der Waals surface area contributed by atoms with Crippen LogP contribution in [0.5, 0.6) is 0 Å². The SMILES string of the molecule is Cc1ccc(NC(=S)[NH+]=C(N)Nc2nc(C)c3cc(C)c(C)cc3n2)cc1C. The van der Waals surface area contributed by atoms with Gasteiger partial charge in [-0.25, -0.2) is 20.3 Å². The molecule has 0 amide bonds. The molecular formula is C21H25N6S+. The second-order valence-electron chi connectivity index (χ2n) is 7.00. The van der Waals surface area contributed by atoms with Gasteiger partial charge in [-0.3, -0.25) is 5.32 Å². The zero-order valence-corrected chi connectivity index (χ0v) is 17.6. The number of aryl methyl sites for hydroxylation is 5. The van der Waals surface area contributed by atoms with Crippen molar-refractivity contribution in [3.8, 4) is 0 Å². The van der Waals surface area contributed by atoms with Crippen LogP contribution in [0, 0.1) is 34.6 Å². The third kappa shape index (κ3) is 4.43. The van der Waals surface area contributed by atoms with Gasteiger partial charge in [0.2, 0.25) is 0 Å². The van der Waals surface area contributed by atoms with Crippen LogP contribution in [-0.2, 0) is 0 Å². The lowest BCUT2D eigenvalue weighted by molar-refractivity contribution is -0.311. The monoisotopic (exact) mass is 393 g/mol. The fourth-order valence-electron chi connectivity index (χ4n) is 2.85. The predicted molar refractivity (Wildman–Crippen MR) is 120 cm³/mol. The van der Waals surface area contributed by atoms with Crippen molar-refractivity contribution in [3.63, 3.8) is 0 Å². The minimum Gasteiger partial charge on any atom is -0.310 e. The van der Waals surface area contributed by atoms with E-state index >= 15 is 0 Å². The number of hydrogen-bond acceptors (Lipinski definition) is 3. The minimum atomic E-state index is 0.254. The average Bonchev–Trinajstić information content (AvgIpc) is 2.60. The molecular weight excluding hydrogens is 368 g/mol. The number of nitrogens with zero attached hydrogens (tertiary/aromatic N) is 2. The van der Waals surface area contributed by atoms with Gasteiger partial charge >= 0.3 is 5.96 Å². The number of rotatable bonds is 2. The number of fused-ring (bicyclic) bond motifs is 1. The highest BCUT2D eigenvalue weighted by Gasteiger charge is 2.10. The molecule has 0 saturated carbocycles. The first-order chi connectivity index (χ1) is 13.2. The number of benzene rings is 2. The highest BCUT2D eigenvalue weighted by atomic mass is 32.1. The van der Waals surface area contributed by atoms with Crippen LogP contribution in [0.15, 0.2) is 30.3 Å². The first-order valence-corrected chi connectivity index (χ1v) is 9.44. The Balaban J connectivity index is 1.77. The summed E-state index contributed by atoms with van der Waals surface area (Å²) in [5, 5.41) is 7.52. The Bertz CT molecular complexity index is 1100. The van der Waals surface area contributed by atoms with Gasteiger partial charge in [-0.15, -0.1) is 0 Å². The van der Waals surface area contributed by atoms with E-state index in [-0.39, 0.29) is 5.96 Å². The quantitative estimate of drug-likeness (QED) is 0.304. The van der Waals surface area contributed by atoms with Crippen LogP contribution in [0.2, 0.25) is 0 Å². The fraction of sp³-hybridized carbons (Fsp3) is 0.238. The molecule has 0 bridgehead atoms. The Labute approximate surface area is 170 Å². The van der Waals surface area contributed by atoms with Gasteiger partial charge in [-0.2, -0.15) is 0 Å². The van der Waals surface area contributed by atoms with Crippen LogP contribution in [0.1, 0.15) is 27.9 Å². The summed E-state index contributed by atoms with van der Waals surface area (Å²) in [6.07, 6.45) is 0. The van der Waals surface area contributed by atoms with Crippen LogP contribution >= 0.6 is 12.2 Å². The van der Waals surface area contributed by atoms with Gasteiger partial charge in [-0.05, 0) is 93.4 Å². The van der Waals surface area contributed by atoms with E-state index in [1.54, 1.807) is 0 Å². The molecule has 28 heavy (non-hydrogen) atoms. The fourth-order valence-corrected chi connectivity index (χ4v) is 3.08. The van der Waals surface area contributed by atoms with E-state index in [0.29, 0.717) is 11.1 Å². The van der Waals surface area contributed by atoms with Crippen LogP contribution in [-0.4, -0.2) is 21.0 Å². The smallest absolute Gasteiger partial charge is 0.310 e. The average molecular weight is 394 g/mol.